The fourth-order valence-electron chi connectivity index (χ4n) is 3.72. The highest BCUT2D eigenvalue weighted by atomic mass is 35.5. The van der Waals surface area contributed by atoms with Crippen LogP contribution in [0.3, 0.4) is 0 Å². The van der Waals surface area contributed by atoms with E-state index in [0.717, 1.165) is 43.1 Å². The van der Waals surface area contributed by atoms with E-state index in [-0.39, 0.29) is 30.7 Å². The second-order valence-corrected chi connectivity index (χ2v) is 7.19. The molecule has 0 bridgehead atoms. The summed E-state index contributed by atoms with van der Waals surface area (Å²) in [5, 5.41) is 13.2. The van der Waals surface area contributed by atoms with Crippen molar-refractivity contribution in [3.05, 3.63) is 42.1 Å². The molecular weight excluding hydrogens is 382 g/mol. The van der Waals surface area contributed by atoms with Gasteiger partial charge in [-0.05, 0) is 36.8 Å². The second kappa shape index (κ2) is 10.3. The Morgan fingerprint density at radius 1 is 1.30 bits per heavy atom. The van der Waals surface area contributed by atoms with Gasteiger partial charge < -0.3 is 10.4 Å². The lowest BCUT2D eigenvalue weighted by atomic mass is 9.51. The number of fused-ring (bicyclic) bond motifs is 1. The molecule has 1 saturated carbocycles. The molecule has 0 saturated heterocycles. The lowest BCUT2D eigenvalue weighted by Gasteiger charge is -2.46. The Hall–Kier alpha value is -1.30. The smallest absolute Gasteiger partial charge is 0.300 e. The molecular formula is C20H27BCl2N2O2. The van der Waals surface area contributed by atoms with Gasteiger partial charge in [-0.3, -0.25) is 9.78 Å². The molecule has 1 heterocycles. The van der Waals surface area contributed by atoms with E-state index in [9.17, 15) is 9.90 Å². The number of hydrogen-bond donors (Lipinski definition) is 2. The maximum atomic E-state index is 11.6. The first-order valence-corrected chi connectivity index (χ1v) is 9.13. The molecule has 1 aliphatic carbocycles. The predicted molar refractivity (Wildman–Crippen MR) is 115 cm³/mol. The van der Waals surface area contributed by atoms with Crippen molar-refractivity contribution in [3.8, 4) is 0 Å². The van der Waals surface area contributed by atoms with Crippen molar-refractivity contribution >= 4 is 49.5 Å². The van der Waals surface area contributed by atoms with E-state index in [1.807, 2.05) is 18.3 Å². The Balaban J connectivity index is 0.00000182. The third kappa shape index (κ3) is 5.15. The highest BCUT2D eigenvalue weighted by Gasteiger charge is 2.46. The van der Waals surface area contributed by atoms with Crippen LogP contribution in [0, 0.1) is 5.92 Å². The number of rotatable bonds is 8. The van der Waals surface area contributed by atoms with E-state index < -0.39 is 11.3 Å². The maximum absolute atomic E-state index is 11.6. The molecule has 2 radical (unpaired) electrons. The van der Waals surface area contributed by atoms with E-state index in [2.05, 4.69) is 35.4 Å². The molecule has 3 rings (SSSR count). The standard InChI is InChI=1S/C20H25BN2O2.2ClH/c1-2-3-9-20(21,19(24)25)16-11-17(12-16)23-13-15-7-4-6-14-8-5-10-22-18(14)15;;/h4-8,10,16-17,23H,2-3,9,11-13H2,1H3,(H,24,25);2*1H. The van der Waals surface area contributed by atoms with Crippen LogP contribution in [0.1, 0.15) is 44.6 Å². The van der Waals surface area contributed by atoms with Crippen LogP contribution in [0.2, 0.25) is 5.31 Å². The van der Waals surface area contributed by atoms with Crippen LogP contribution in [0.15, 0.2) is 36.5 Å². The zero-order valence-corrected chi connectivity index (χ0v) is 17.2. The topological polar surface area (TPSA) is 62.2 Å². The highest BCUT2D eigenvalue weighted by Crippen LogP contribution is 2.49. The number of carbonyl (C=O) groups is 1. The van der Waals surface area contributed by atoms with Crippen molar-refractivity contribution in [2.75, 3.05) is 0 Å². The van der Waals surface area contributed by atoms with Gasteiger partial charge in [0.1, 0.15) is 0 Å². The Morgan fingerprint density at radius 2 is 2.00 bits per heavy atom. The minimum Gasteiger partial charge on any atom is -0.481 e. The summed E-state index contributed by atoms with van der Waals surface area (Å²) >= 11 is 0. The number of benzene rings is 1. The van der Waals surface area contributed by atoms with Gasteiger partial charge in [-0.1, -0.05) is 44.0 Å². The molecule has 0 amide bonds. The summed E-state index contributed by atoms with van der Waals surface area (Å²) in [5.74, 6) is -0.803. The normalized spacial score (nSPS) is 20.6. The lowest BCUT2D eigenvalue weighted by molar-refractivity contribution is -0.144. The molecule has 1 aromatic heterocycles. The van der Waals surface area contributed by atoms with Gasteiger partial charge >= 0.3 is 5.97 Å². The molecule has 0 spiro atoms. The van der Waals surface area contributed by atoms with Crippen molar-refractivity contribution in [2.24, 2.45) is 5.92 Å². The van der Waals surface area contributed by atoms with Crippen LogP contribution in [-0.2, 0) is 11.3 Å². The van der Waals surface area contributed by atoms with E-state index in [1.165, 1.54) is 5.56 Å². The SMILES string of the molecule is Cl.Cl.[B]C(CCCC)(C(=O)O)C1CC(NCc2cccc3cccnc23)C1. The van der Waals surface area contributed by atoms with Crippen LogP contribution >= 0.6 is 24.8 Å². The van der Waals surface area contributed by atoms with Crippen LogP contribution in [0.4, 0.5) is 0 Å². The first kappa shape index (κ1) is 23.7. The van der Waals surface area contributed by atoms with Crippen molar-refractivity contribution in [1.29, 1.82) is 0 Å². The summed E-state index contributed by atoms with van der Waals surface area (Å²) in [4.78, 5) is 16.1. The van der Waals surface area contributed by atoms with Gasteiger partial charge in [0.15, 0.2) is 0 Å². The van der Waals surface area contributed by atoms with Gasteiger partial charge in [0.25, 0.3) is 0 Å². The fourth-order valence-corrected chi connectivity index (χ4v) is 3.72. The van der Waals surface area contributed by atoms with Gasteiger partial charge in [-0.15, -0.1) is 24.8 Å². The quantitative estimate of drug-likeness (QED) is 0.629. The van der Waals surface area contributed by atoms with E-state index in [1.54, 1.807) is 0 Å². The number of unbranched alkanes of at least 4 members (excludes halogenated alkanes) is 1. The van der Waals surface area contributed by atoms with Gasteiger partial charge in [0.05, 0.1) is 13.4 Å². The lowest BCUT2D eigenvalue weighted by Crippen LogP contribution is -2.48. The molecule has 2 N–H and O–H groups in total. The molecule has 27 heavy (non-hydrogen) atoms. The third-order valence-electron chi connectivity index (χ3n) is 5.51. The first-order valence-electron chi connectivity index (χ1n) is 9.13. The molecule has 1 unspecified atom stereocenters. The largest absolute Gasteiger partial charge is 0.481 e. The van der Waals surface area contributed by atoms with Crippen LogP contribution < -0.4 is 5.32 Å². The van der Waals surface area contributed by atoms with Crippen molar-refractivity contribution in [3.63, 3.8) is 0 Å². The summed E-state index contributed by atoms with van der Waals surface area (Å²) < 4.78 is 0. The number of carboxylic acids is 1. The summed E-state index contributed by atoms with van der Waals surface area (Å²) in [6, 6.07) is 10.5. The molecule has 1 atom stereocenters. The van der Waals surface area contributed by atoms with Crippen LogP contribution in [0.25, 0.3) is 10.9 Å². The Morgan fingerprint density at radius 3 is 2.67 bits per heavy atom. The number of aliphatic carboxylic acids is 1. The minimum absolute atomic E-state index is 0. The number of carboxylic acid groups (broad SMARTS) is 1. The average molecular weight is 409 g/mol. The summed E-state index contributed by atoms with van der Waals surface area (Å²) in [5.41, 5.74) is 2.19. The van der Waals surface area contributed by atoms with E-state index in [0.29, 0.717) is 12.5 Å². The summed E-state index contributed by atoms with van der Waals surface area (Å²) in [6.45, 7) is 2.80. The second-order valence-electron chi connectivity index (χ2n) is 7.19. The molecule has 1 aliphatic rings. The number of aromatic nitrogens is 1. The van der Waals surface area contributed by atoms with Gasteiger partial charge in [-0.25, -0.2) is 0 Å². The number of pyridine rings is 1. The number of nitrogens with zero attached hydrogens (tertiary/aromatic N) is 1. The number of para-hydroxylation sites is 1. The summed E-state index contributed by atoms with van der Waals surface area (Å²) in [7, 11) is 6.24. The Bertz CT molecular complexity index is 750. The van der Waals surface area contributed by atoms with Gasteiger partial charge in [-0.2, -0.15) is 0 Å². The van der Waals surface area contributed by atoms with Crippen molar-refractivity contribution in [1.82, 2.24) is 10.3 Å². The highest BCUT2D eigenvalue weighted by molar-refractivity contribution is 6.27. The molecule has 146 valence electrons. The molecule has 4 nitrogen and oxygen atoms in total. The van der Waals surface area contributed by atoms with E-state index >= 15 is 0 Å². The van der Waals surface area contributed by atoms with Gasteiger partial charge in [0.2, 0.25) is 0 Å². The number of nitrogens with one attached hydrogen (secondary N) is 1. The monoisotopic (exact) mass is 408 g/mol. The van der Waals surface area contributed by atoms with Crippen molar-refractivity contribution in [2.45, 2.75) is 56.9 Å². The number of halogens is 2. The maximum Gasteiger partial charge on any atom is 0.300 e. The molecule has 1 fully saturated rings. The predicted octanol–water partition coefficient (Wildman–Crippen LogP) is 4.55. The zero-order chi connectivity index (χ0) is 17.9. The third-order valence-corrected chi connectivity index (χ3v) is 5.51. The molecule has 2 aromatic rings. The average Bonchev–Trinajstić information content (AvgIpc) is 2.58. The zero-order valence-electron chi connectivity index (χ0n) is 15.6. The van der Waals surface area contributed by atoms with Gasteiger partial charge in [0, 0.05) is 29.5 Å². The Kier molecular flexibility index (Phi) is 9.06. The first-order chi connectivity index (χ1) is 12.0. The minimum atomic E-state index is -1.07. The molecule has 7 heteroatoms. The van der Waals surface area contributed by atoms with Crippen molar-refractivity contribution < 1.29 is 9.90 Å². The van der Waals surface area contributed by atoms with Crippen LogP contribution in [-0.4, -0.2) is 29.9 Å². The molecule has 0 aliphatic heterocycles. The van der Waals surface area contributed by atoms with Crippen LogP contribution in [0.5, 0.6) is 0 Å². The van der Waals surface area contributed by atoms with E-state index in [4.69, 9.17) is 7.85 Å². The fraction of sp³-hybridized carbons (Fsp3) is 0.500. The molecule has 1 aromatic carbocycles. The Labute approximate surface area is 174 Å². The summed E-state index contributed by atoms with van der Waals surface area (Å²) in [6.07, 6.45) is 5.85. The number of hydrogen-bond acceptors (Lipinski definition) is 3.